The van der Waals surface area contributed by atoms with Gasteiger partial charge in [-0.3, -0.25) is 4.79 Å². The largest absolute Gasteiger partial charge is 0.394 e. The molecule has 2 aliphatic carbocycles. The lowest BCUT2D eigenvalue weighted by Gasteiger charge is -2.29. The molecule has 0 radical (unpaired) electrons. The highest BCUT2D eigenvalue weighted by atomic mass is 16.3. The highest BCUT2D eigenvalue weighted by molar-refractivity contribution is 5.80. The molecule has 84 valence electrons. The van der Waals surface area contributed by atoms with Crippen LogP contribution in [0.4, 0.5) is 0 Å². The van der Waals surface area contributed by atoms with Crippen molar-refractivity contribution in [2.75, 3.05) is 6.61 Å². The molecular weight excluding hydrogens is 190 g/mol. The number of hydrogen-bond donors (Lipinski definition) is 2. The zero-order chi connectivity index (χ0) is 10.7. The van der Waals surface area contributed by atoms with Gasteiger partial charge >= 0.3 is 0 Å². The van der Waals surface area contributed by atoms with Gasteiger partial charge in [0.15, 0.2) is 0 Å². The summed E-state index contributed by atoms with van der Waals surface area (Å²) in [6.45, 7) is 0.0822. The quantitative estimate of drug-likeness (QED) is 0.690. The van der Waals surface area contributed by atoms with E-state index >= 15 is 0 Å². The van der Waals surface area contributed by atoms with Crippen LogP contribution in [0.1, 0.15) is 38.5 Å². The fourth-order valence-corrected chi connectivity index (χ4v) is 2.57. The summed E-state index contributed by atoms with van der Waals surface area (Å²) in [5.74, 6) is 0.227. The maximum Gasteiger partial charge on any atom is 0.224 e. The van der Waals surface area contributed by atoms with Crippen LogP contribution in [0, 0.1) is 5.92 Å². The molecule has 0 aromatic heterocycles. The van der Waals surface area contributed by atoms with Crippen molar-refractivity contribution in [1.29, 1.82) is 0 Å². The molecule has 1 amide bonds. The summed E-state index contributed by atoms with van der Waals surface area (Å²) in [6.07, 6.45) is 9.91. The molecule has 0 atom stereocenters. The molecule has 0 aromatic carbocycles. The summed E-state index contributed by atoms with van der Waals surface area (Å²) in [4.78, 5) is 11.9. The van der Waals surface area contributed by atoms with Crippen molar-refractivity contribution in [1.82, 2.24) is 5.32 Å². The van der Waals surface area contributed by atoms with E-state index < -0.39 is 0 Å². The molecule has 2 N–H and O–H groups in total. The average molecular weight is 209 g/mol. The van der Waals surface area contributed by atoms with E-state index in [0.29, 0.717) is 0 Å². The summed E-state index contributed by atoms with van der Waals surface area (Å²) >= 11 is 0. The second-order valence-corrected chi connectivity index (χ2v) is 4.77. The predicted molar refractivity (Wildman–Crippen MR) is 58.3 cm³/mol. The monoisotopic (exact) mass is 209 g/mol. The number of aliphatic hydroxyl groups is 1. The van der Waals surface area contributed by atoms with Gasteiger partial charge < -0.3 is 10.4 Å². The van der Waals surface area contributed by atoms with E-state index in [1.807, 2.05) is 0 Å². The molecule has 1 fully saturated rings. The second-order valence-electron chi connectivity index (χ2n) is 4.77. The van der Waals surface area contributed by atoms with Gasteiger partial charge in [0.2, 0.25) is 5.91 Å². The first kappa shape index (κ1) is 10.7. The van der Waals surface area contributed by atoms with Crippen LogP contribution in [-0.2, 0) is 4.79 Å². The third-order valence-corrected chi connectivity index (χ3v) is 3.63. The van der Waals surface area contributed by atoms with E-state index in [1.165, 1.54) is 0 Å². The summed E-state index contributed by atoms with van der Waals surface area (Å²) in [6, 6.07) is 0. The molecule has 3 nitrogen and oxygen atoms in total. The number of amides is 1. The van der Waals surface area contributed by atoms with E-state index in [2.05, 4.69) is 17.5 Å². The number of nitrogens with one attached hydrogen (secondary N) is 1. The highest BCUT2D eigenvalue weighted by Gasteiger charge is 2.36. The number of hydrogen-bond acceptors (Lipinski definition) is 2. The summed E-state index contributed by atoms with van der Waals surface area (Å²) < 4.78 is 0. The molecule has 0 unspecified atom stereocenters. The Kier molecular flexibility index (Phi) is 3.10. The normalized spacial score (nSPS) is 24.6. The first-order chi connectivity index (χ1) is 7.26. The lowest BCUT2D eigenvalue weighted by molar-refractivity contribution is -0.127. The van der Waals surface area contributed by atoms with Crippen LogP contribution in [0.25, 0.3) is 0 Å². The standard InChI is InChI=1S/C12H19NO2/c14-9-12(7-3-4-8-12)13-11(15)10-5-1-2-6-10/h1-2,10,14H,3-9H2,(H,13,15). The molecule has 3 heteroatoms. The Morgan fingerprint density at radius 2 is 1.93 bits per heavy atom. The summed E-state index contributed by atoms with van der Waals surface area (Å²) in [5, 5.41) is 12.4. The van der Waals surface area contributed by atoms with Gasteiger partial charge in [0, 0.05) is 5.92 Å². The topological polar surface area (TPSA) is 49.3 Å². The number of allylic oxidation sites excluding steroid dienone is 2. The minimum atomic E-state index is -0.306. The van der Waals surface area contributed by atoms with Crippen LogP contribution in [0.5, 0.6) is 0 Å². The van der Waals surface area contributed by atoms with Gasteiger partial charge in [0.25, 0.3) is 0 Å². The van der Waals surface area contributed by atoms with Gasteiger partial charge in [0.1, 0.15) is 0 Å². The fourth-order valence-electron chi connectivity index (χ4n) is 2.57. The minimum Gasteiger partial charge on any atom is -0.394 e. The number of rotatable bonds is 3. The van der Waals surface area contributed by atoms with E-state index in [9.17, 15) is 9.90 Å². The Balaban J connectivity index is 1.91. The molecule has 0 saturated heterocycles. The Bertz CT molecular complexity index is 259. The molecule has 0 aromatic rings. The Morgan fingerprint density at radius 1 is 1.33 bits per heavy atom. The minimum absolute atomic E-state index is 0.0822. The van der Waals surface area contributed by atoms with Gasteiger partial charge in [-0.1, -0.05) is 25.0 Å². The second kappa shape index (κ2) is 4.35. The summed E-state index contributed by atoms with van der Waals surface area (Å²) in [5.41, 5.74) is -0.306. The van der Waals surface area contributed by atoms with Crippen molar-refractivity contribution >= 4 is 5.91 Å². The first-order valence-corrected chi connectivity index (χ1v) is 5.84. The molecule has 15 heavy (non-hydrogen) atoms. The number of carbonyl (C=O) groups excluding carboxylic acids is 1. The van der Waals surface area contributed by atoms with Crippen molar-refractivity contribution in [2.24, 2.45) is 5.92 Å². The maximum atomic E-state index is 11.9. The first-order valence-electron chi connectivity index (χ1n) is 5.84. The molecular formula is C12H19NO2. The molecule has 2 aliphatic rings. The smallest absolute Gasteiger partial charge is 0.224 e. The van der Waals surface area contributed by atoms with E-state index in [0.717, 1.165) is 38.5 Å². The zero-order valence-corrected chi connectivity index (χ0v) is 9.04. The Morgan fingerprint density at radius 3 is 2.47 bits per heavy atom. The van der Waals surface area contributed by atoms with Crippen LogP contribution < -0.4 is 5.32 Å². The lowest BCUT2D eigenvalue weighted by atomic mass is 9.96. The van der Waals surface area contributed by atoms with E-state index in [1.54, 1.807) is 0 Å². The molecule has 2 rings (SSSR count). The van der Waals surface area contributed by atoms with Gasteiger partial charge in [-0.25, -0.2) is 0 Å². The van der Waals surface area contributed by atoms with Crippen molar-refractivity contribution in [2.45, 2.75) is 44.1 Å². The van der Waals surface area contributed by atoms with Gasteiger partial charge in [0.05, 0.1) is 12.1 Å². The average Bonchev–Trinajstić information content (AvgIpc) is 2.88. The molecule has 0 heterocycles. The maximum absolute atomic E-state index is 11.9. The number of carbonyl (C=O) groups is 1. The van der Waals surface area contributed by atoms with Crippen molar-refractivity contribution in [3.8, 4) is 0 Å². The van der Waals surface area contributed by atoms with Crippen LogP contribution in [-0.4, -0.2) is 23.2 Å². The van der Waals surface area contributed by atoms with Crippen molar-refractivity contribution in [3.63, 3.8) is 0 Å². The van der Waals surface area contributed by atoms with Crippen LogP contribution in [0.15, 0.2) is 12.2 Å². The zero-order valence-electron chi connectivity index (χ0n) is 9.04. The Hall–Kier alpha value is -0.830. The van der Waals surface area contributed by atoms with Gasteiger partial charge in [-0.15, -0.1) is 0 Å². The third kappa shape index (κ3) is 2.23. The highest BCUT2D eigenvalue weighted by Crippen LogP contribution is 2.30. The van der Waals surface area contributed by atoms with Crippen LogP contribution in [0.3, 0.4) is 0 Å². The summed E-state index contributed by atoms with van der Waals surface area (Å²) in [7, 11) is 0. The predicted octanol–water partition coefficient (Wildman–Crippen LogP) is 1.37. The van der Waals surface area contributed by atoms with E-state index in [-0.39, 0.29) is 24.0 Å². The lowest BCUT2D eigenvalue weighted by Crippen LogP contribution is -2.50. The molecule has 0 aliphatic heterocycles. The van der Waals surface area contributed by atoms with Gasteiger partial charge in [-0.05, 0) is 25.7 Å². The van der Waals surface area contributed by atoms with Crippen LogP contribution >= 0.6 is 0 Å². The SMILES string of the molecule is O=C(NC1(CO)CCCC1)C1CC=CC1. The molecule has 1 saturated carbocycles. The number of aliphatic hydroxyl groups excluding tert-OH is 1. The van der Waals surface area contributed by atoms with Crippen molar-refractivity contribution in [3.05, 3.63) is 12.2 Å². The van der Waals surface area contributed by atoms with Crippen molar-refractivity contribution < 1.29 is 9.90 Å². The Labute approximate surface area is 90.6 Å². The fraction of sp³-hybridized carbons (Fsp3) is 0.750. The molecule has 0 spiro atoms. The molecule has 0 bridgehead atoms. The van der Waals surface area contributed by atoms with Crippen LogP contribution in [0.2, 0.25) is 0 Å². The van der Waals surface area contributed by atoms with Gasteiger partial charge in [-0.2, -0.15) is 0 Å². The third-order valence-electron chi connectivity index (χ3n) is 3.63. The van der Waals surface area contributed by atoms with E-state index in [4.69, 9.17) is 0 Å².